The Hall–Kier alpha value is -2.78. The van der Waals surface area contributed by atoms with E-state index in [0.717, 1.165) is 16.5 Å². The zero-order valence-electron chi connectivity index (χ0n) is 14.9. The molecule has 0 aliphatic heterocycles. The lowest BCUT2D eigenvalue weighted by Gasteiger charge is -2.04. The minimum Gasteiger partial charge on any atom is -0.486 e. The highest BCUT2D eigenvalue weighted by Gasteiger charge is 2.11. The second kappa shape index (κ2) is 8.49. The summed E-state index contributed by atoms with van der Waals surface area (Å²) in [6.45, 7) is 2.47. The maximum Gasteiger partial charge on any atom is 0.214 e. The molecule has 0 radical (unpaired) electrons. The molecule has 6 nitrogen and oxygen atoms in total. The first kappa shape index (κ1) is 18.6. The number of nitrogens with zero attached hydrogens (tertiary/aromatic N) is 5. The van der Waals surface area contributed by atoms with Gasteiger partial charge in [0.25, 0.3) is 0 Å². The molecule has 0 fully saturated rings. The van der Waals surface area contributed by atoms with Crippen LogP contribution in [0.2, 0.25) is 0 Å². The van der Waals surface area contributed by atoms with Crippen molar-refractivity contribution in [1.82, 2.24) is 25.2 Å². The van der Waals surface area contributed by atoms with E-state index in [1.165, 1.54) is 34.1 Å². The molecule has 2 aromatic carbocycles. The van der Waals surface area contributed by atoms with Gasteiger partial charge in [-0.15, -0.1) is 16.4 Å². The molecule has 0 atom stereocenters. The van der Waals surface area contributed by atoms with Gasteiger partial charge in [0.2, 0.25) is 5.16 Å². The number of aromatic nitrogens is 5. The van der Waals surface area contributed by atoms with Crippen molar-refractivity contribution in [2.75, 3.05) is 0 Å². The van der Waals surface area contributed by atoms with Gasteiger partial charge in [0.1, 0.15) is 23.2 Å². The molecule has 2 aromatic heterocycles. The van der Waals surface area contributed by atoms with Crippen molar-refractivity contribution in [3.05, 3.63) is 76.0 Å². The Morgan fingerprint density at radius 1 is 1.18 bits per heavy atom. The average molecular weight is 414 g/mol. The minimum absolute atomic E-state index is 0.332. The summed E-state index contributed by atoms with van der Waals surface area (Å²) in [5.74, 6) is 1.10. The van der Waals surface area contributed by atoms with Gasteiger partial charge in [-0.3, -0.25) is 0 Å². The van der Waals surface area contributed by atoms with E-state index in [0.29, 0.717) is 23.2 Å². The van der Waals surface area contributed by atoms with Crippen molar-refractivity contribution in [2.45, 2.75) is 24.4 Å². The molecule has 9 heteroatoms. The van der Waals surface area contributed by atoms with Crippen LogP contribution in [0.15, 0.2) is 59.1 Å². The van der Waals surface area contributed by atoms with Gasteiger partial charge in [0.05, 0.1) is 11.4 Å². The van der Waals surface area contributed by atoms with E-state index in [4.69, 9.17) is 4.74 Å². The highest BCUT2D eigenvalue weighted by molar-refractivity contribution is 7.98. The molecule has 0 aliphatic carbocycles. The summed E-state index contributed by atoms with van der Waals surface area (Å²) in [4.78, 5) is 4.59. The van der Waals surface area contributed by atoms with E-state index in [1.807, 2.05) is 36.6 Å². The number of halogens is 1. The van der Waals surface area contributed by atoms with Crippen molar-refractivity contribution in [3.8, 4) is 11.4 Å². The van der Waals surface area contributed by atoms with E-state index in [-0.39, 0.29) is 5.82 Å². The standard InChI is InChI=1S/C19H16FN5OS2/c1-13-5-7-17(8-6-13)26-10-18-21-15(11-27-18)12-28-19-22-23-24-25(19)16-4-2-3-14(20)9-16/h2-9,11H,10,12H2,1H3. The predicted octanol–water partition coefficient (Wildman–Crippen LogP) is 4.44. The fourth-order valence-corrected chi connectivity index (χ4v) is 4.03. The summed E-state index contributed by atoms with van der Waals surface area (Å²) in [7, 11) is 0. The fourth-order valence-electron chi connectivity index (χ4n) is 2.44. The maximum absolute atomic E-state index is 13.5. The number of hydrogen-bond donors (Lipinski definition) is 0. The highest BCUT2D eigenvalue weighted by atomic mass is 32.2. The third kappa shape index (κ3) is 4.55. The Morgan fingerprint density at radius 3 is 2.86 bits per heavy atom. The fraction of sp³-hybridized carbons (Fsp3) is 0.158. The van der Waals surface area contributed by atoms with E-state index >= 15 is 0 Å². The zero-order chi connectivity index (χ0) is 19.3. The minimum atomic E-state index is -0.332. The summed E-state index contributed by atoms with van der Waals surface area (Å²) >= 11 is 3.00. The number of aryl methyl sites for hydroxylation is 1. The highest BCUT2D eigenvalue weighted by Crippen LogP contribution is 2.24. The lowest BCUT2D eigenvalue weighted by atomic mass is 10.2. The lowest BCUT2D eigenvalue weighted by Crippen LogP contribution is -1.99. The summed E-state index contributed by atoms with van der Waals surface area (Å²) in [5, 5.41) is 15.1. The van der Waals surface area contributed by atoms with Gasteiger partial charge in [-0.1, -0.05) is 35.5 Å². The number of hydrogen-bond acceptors (Lipinski definition) is 7. The van der Waals surface area contributed by atoms with Crippen LogP contribution in [0.25, 0.3) is 5.69 Å². The van der Waals surface area contributed by atoms with Crippen LogP contribution in [0.4, 0.5) is 4.39 Å². The number of thioether (sulfide) groups is 1. The first-order valence-corrected chi connectivity index (χ1v) is 10.3. The van der Waals surface area contributed by atoms with Crippen LogP contribution in [0, 0.1) is 12.7 Å². The van der Waals surface area contributed by atoms with Crippen LogP contribution < -0.4 is 4.74 Å². The van der Waals surface area contributed by atoms with Gasteiger partial charge in [0, 0.05) is 11.1 Å². The summed E-state index contributed by atoms with van der Waals surface area (Å²) in [5.41, 5.74) is 2.70. The number of benzene rings is 2. The second-order valence-electron chi connectivity index (χ2n) is 5.98. The van der Waals surface area contributed by atoms with Crippen LogP contribution >= 0.6 is 23.1 Å². The van der Waals surface area contributed by atoms with Crippen LogP contribution in [0.3, 0.4) is 0 Å². The van der Waals surface area contributed by atoms with Crippen molar-refractivity contribution < 1.29 is 9.13 Å². The number of rotatable bonds is 7. The SMILES string of the molecule is Cc1ccc(OCc2nc(CSc3nnnn3-c3cccc(F)c3)cs2)cc1. The van der Waals surface area contributed by atoms with Crippen molar-refractivity contribution in [3.63, 3.8) is 0 Å². The topological polar surface area (TPSA) is 65.7 Å². The largest absolute Gasteiger partial charge is 0.486 e. The molecule has 4 aromatic rings. The molecule has 4 rings (SSSR count). The first-order valence-electron chi connectivity index (χ1n) is 8.47. The molecule has 0 amide bonds. The van der Waals surface area contributed by atoms with Crippen LogP contribution in [0.1, 0.15) is 16.3 Å². The molecular formula is C19H16FN5OS2. The molecule has 0 N–H and O–H groups in total. The van der Waals surface area contributed by atoms with Gasteiger partial charge < -0.3 is 4.74 Å². The third-order valence-corrected chi connectivity index (χ3v) is 5.65. The van der Waals surface area contributed by atoms with Gasteiger partial charge in [-0.2, -0.15) is 4.68 Å². The van der Waals surface area contributed by atoms with Crippen molar-refractivity contribution >= 4 is 23.1 Å². The predicted molar refractivity (Wildman–Crippen MR) is 106 cm³/mol. The summed E-state index contributed by atoms with van der Waals surface area (Å²) in [6.07, 6.45) is 0. The molecule has 142 valence electrons. The molecular weight excluding hydrogens is 397 g/mol. The summed E-state index contributed by atoms with van der Waals surface area (Å²) < 4.78 is 20.7. The van der Waals surface area contributed by atoms with Gasteiger partial charge in [0.15, 0.2) is 0 Å². The average Bonchev–Trinajstić information content (AvgIpc) is 3.35. The van der Waals surface area contributed by atoms with E-state index in [9.17, 15) is 4.39 Å². The molecule has 0 bridgehead atoms. The number of tetrazole rings is 1. The van der Waals surface area contributed by atoms with E-state index < -0.39 is 0 Å². The van der Waals surface area contributed by atoms with Crippen molar-refractivity contribution in [1.29, 1.82) is 0 Å². The molecule has 0 saturated heterocycles. The molecule has 0 spiro atoms. The first-order chi connectivity index (χ1) is 13.7. The number of thiazole rings is 1. The van der Waals surface area contributed by atoms with Crippen LogP contribution in [-0.4, -0.2) is 25.2 Å². The van der Waals surface area contributed by atoms with Crippen LogP contribution in [-0.2, 0) is 12.4 Å². The van der Waals surface area contributed by atoms with E-state index in [2.05, 4.69) is 20.5 Å². The van der Waals surface area contributed by atoms with E-state index in [1.54, 1.807) is 23.5 Å². The summed E-state index contributed by atoms with van der Waals surface area (Å²) in [6, 6.07) is 14.1. The molecule has 28 heavy (non-hydrogen) atoms. The monoisotopic (exact) mass is 413 g/mol. The van der Waals surface area contributed by atoms with Gasteiger partial charge in [-0.05, 0) is 47.7 Å². The lowest BCUT2D eigenvalue weighted by molar-refractivity contribution is 0.305. The third-order valence-electron chi connectivity index (χ3n) is 3.83. The Balaban J connectivity index is 1.36. The normalized spacial score (nSPS) is 10.9. The smallest absolute Gasteiger partial charge is 0.214 e. The quantitative estimate of drug-likeness (QED) is 0.418. The second-order valence-corrected chi connectivity index (χ2v) is 7.86. The Labute approximate surface area is 169 Å². The van der Waals surface area contributed by atoms with Gasteiger partial charge >= 0.3 is 0 Å². The number of ether oxygens (including phenoxy) is 1. The van der Waals surface area contributed by atoms with Crippen LogP contribution in [0.5, 0.6) is 5.75 Å². The molecule has 0 unspecified atom stereocenters. The van der Waals surface area contributed by atoms with Gasteiger partial charge in [-0.25, -0.2) is 9.37 Å². The Bertz CT molecular complexity index is 1060. The zero-order valence-corrected chi connectivity index (χ0v) is 16.6. The Morgan fingerprint density at radius 2 is 2.04 bits per heavy atom. The van der Waals surface area contributed by atoms with Crippen molar-refractivity contribution in [2.24, 2.45) is 0 Å². The Kier molecular flexibility index (Phi) is 5.63. The molecule has 2 heterocycles. The molecule has 0 aliphatic rings. The maximum atomic E-state index is 13.5. The molecule has 0 saturated carbocycles.